The predicted octanol–water partition coefficient (Wildman–Crippen LogP) is 6.04. The molecule has 3 rings (SSSR count). The van der Waals surface area contributed by atoms with Gasteiger partial charge in [-0.05, 0) is 57.1 Å². The lowest BCUT2D eigenvalue weighted by molar-refractivity contribution is -0.129. The SMILES string of the molecule is CC(C)(C)C(=O)NC(CCB1OC(C)(C)C(C)(C)O1)c1ccc(-c2ccccc2)cc1. The number of carbonyl (C=O) groups is 1. The number of rotatable bonds is 6. The van der Waals surface area contributed by atoms with E-state index in [1.165, 1.54) is 5.56 Å². The van der Waals surface area contributed by atoms with E-state index in [4.69, 9.17) is 9.31 Å². The summed E-state index contributed by atoms with van der Waals surface area (Å²) < 4.78 is 12.3. The Balaban J connectivity index is 1.76. The van der Waals surface area contributed by atoms with Gasteiger partial charge in [0, 0.05) is 5.41 Å². The number of nitrogens with one attached hydrogen (secondary N) is 1. The summed E-state index contributed by atoms with van der Waals surface area (Å²) in [4.78, 5) is 12.8. The number of hydrogen-bond donors (Lipinski definition) is 1. The zero-order chi connectivity index (χ0) is 22.9. The maximum atomic E-state index is 12.8. The number of hydrogen-bond acceptors (Lipinski definition) is 3. The van der Waals surface area contributed by atoms with E-state index in [9.17, 15) is 4.79 Å². The van der Waals surface area contributed by atoms with Gasteiger partial charge in [-0.15, -0.1) is 0 Å². The second-order valence-corrected chi connectivity index (χ2v) is 10.5. The molecule has 0 bridgehead atoms. The van der Waals surface area contributed by atoms with Crippen LogP contribution in [0.3, 0.4) is 0 Å². The largest absolute Gasteiger partial charge is 0.457 e. The third-order valence-electron chi connectivity index (χ3n) is 6.40. The summed E-state index contributed by atoms with van der Waals surface area (Å²) in [5.74, 6) is 0.0403. The fraction of sp³-hybridized carbons (Fsp3) is 0.500. The van der Waals surface area contributed by atoms with Crippen LogP contribution < -0.4 is 5.32 Å². The van der Waals surface area contributed by atoms with Crippen molar-refractivity contribution in [3.8, 4) is 11.1 Å². The van der Waals surface area contributed by atoms with E-state index in [2.05, 4.69) is 69.4 Å². The summed E-state index contributed by atoms with van der Waals surface area (Å²) in [5.41, 5.74) is 2.29. The molecular formula is C26H36BNO3. The molecular weight excluding hydrogens is 385 g/mol. The Morgan fingerprint density at radius 3 is 1.94 bits per heavy atom. The first-order valence-corrected chi connectivity index (χ1v) is 11.2. The van der Waals surface area contributed by atoms with Gasteiger partial charge in [0.1, 0.15) is 0 Å². The topological polar surface area (TPSA) is 47.6 Å². The van der Waals surface area contributed by atoms with Crippen LogP contribution in [0.25, 0.3) is 11.1 Å². The molecule has 1 unspecified atom stereocenters. The van der Waals surface area contributed by atoms with Gasteiger partial charge < -0.3 is 14.6 Å². The van der Waals surface area contributed by atoms with E-state index in [0.29, 0.717) is 6.32 Å². The molecule has 0 aromatic heterocycles. The van der Waals surface area contributed by atoms with Gasteiger partial charge in [0.05, 0.1) is 17.2 Å². The highest BCUT2D eigenvalue weighted by molar-refractivity contribution is 6.45. The Kier molecular flexibility index (Phi) is 6.68. The molecule has 2 aromatic carbocycles. The summed E-state index contributed by atoms with van der Waals surface area (Å²) >= 11 is 0. The predicted molar refractivity (Wildman–Crippen MR) is 128 cm³/mol. The second kappa shape index (κ2) is 8.80. The Hall–Kier alpha value is -2.11. The lowest BCUT2D eigenvalue weighted by Gasteiger charge is -2.32. The van der Waals surface area contributed by atoms with Crippen molar-refractivity contribution in [1.29, 1.82) is 0 Å². The van der Waals surface area contributed by atoms with Crippen LogP contribution in [0.15, 0.2) is 54.6 Å². The van der Waals surface area contributed by atoms with Gasteiger partial charge in [0.25, 0.3) is 0 Å². The molecule has 1 atom stereocenters. The molecule has 2 aromatic rings. The summed E-state index contributed by atoms with van der Waals surface area (Å²) in [7, 11) is -0.275. The Bertz CT molecular complexity index is 869. The second-order valence-electron chi connectivity index (χ2n) is 10.5. The smallest absolute Gasteiger partial charge is 0.403 e. The summed E-state index contributed by atoms with van der Waals surface area (Å²) in [6.07, 6.45) is 1.45. The van der Waals surface area contributed by atoms with Crippen LogP contribution in [-0.2, 0) is 14.1 Å². The summed E-state index contributed by atoms with van der Waals surface area (Å²) in [6, 6.07) is 18.7. The zero-order valence-electron chi connectivity index (χ0n) is 20.0. The van der Waals surface area contributed by atoms with Crippen molar-refractivity contribution >= 4 is 13.0 Å². The molecule has 0 spiro atoms. The Morgan fingerprint density at radius 1 is 0.903 bits per heavy atom. The van der Waals surface area contributed by atoms with Crippen LogP contribution in [0.5, 0.6) is 0 Å². The first kappa shape index (κ1) is 23.6. The quantitative estimate of drug-likeness (QED) is 0.579. The van der Waals surface area contributed by atoms with Crippen molar-refractivity contribution in [2.45, 2.75) is 78.5 Å². The van der Waals surface area contributed by atoms with Crippen molar-refractivity contribution in [1.82, 2.24) is 5.32 Å². The van der Waals surface area contributed by atoms with Crippen molar-refractivity contribution in [3.63, 3.8) is 0 Å². The molecule has 166 valence electrons. The molecule has 1 saturated heterocycles. The maximum Gasteiger partial charge on any atom is 0.457 e. The van der Waals surface area contributed by atoms with Crippen LogP contribution in [0.2, 0.25) is 6.32 Å². The molecule has 31 heavy (non-hydrogen) atoms. The van der Waals surface area contributed by atoms with E-state index < -0.39 is 5.41 Å². The van der Waals surface area contributed by atoms with E-state index in [1.54, 1.807) is 0 Å². The van der Waals surface area contributed by atoms with Crippen LogP contribution >= 0.6 is 0 Å². The van der Waals surface area contributed by atoms with E-state index in [-0.39, 0.29) is 30.3 Å². The molecule has 5 heteroatoms. The lowest BCUT2D eigenvalue weighted by Crippen LogP contribution is -2.41. The zero-order valence-corrected chi connectivity index (χ0v) is 20.0. The van der Waals surface area contributed by atoms with Gasteiger partial charge in [-0.25, -0.2) is 0 Å². The number of carbonyl (C=O) groups excluding carboxylic acids is 1. The van der Waals surface area contributed by atoms with Crippen LogP contribution in [0.1, 0.15) is 66.5 Å². The fourth-order valence-corrected chi connectivity index (χ4v) is 3.62. The molecule has 1 aliphatic rings. The highest BCUT2D eigenvalue weighted by Crippen LogP contribution is 2.39. The fourth-order valence-electron chi connectivity index (χ4n) is 3.62. The molecule has 0 saturated carbocycles. The molecule has 0 radical (unpaired) electrons. The molecule has 0 aliphatic carbocycles. The van der Waals surface area contributed by atoms with Crippen LogP contribution in [0.4, 0.5) is 0 Å². The lowest BCUT2D eigenvalue weighted by atomic mass is 9.80. The van der Waals surface area contributed by atoms with E-state index in [1.807, 2.05) is 39.0 Å². The third kappa shape index (κ3) is 5.58. The van der Waals surface area contributed by atoms with Crippen molar-refractivity contribution in [3.05, 3.63) is 60.2 Å². The minimum Gasteiger partial charge on any atom is -0.403 e. The highest BCUT2D eigenvalue weighted by atomic mass is 16.7. The monoisotopic (exact) mass is 421 g/mol. The molecule has 1 N–H and O–H groups in total. The van der Waals surface area contributed by atoms with Gasteiger partial charge in [0.2, 0.25) is 5.91 Å². The molecule has 1 heterocycles. The Labute approximate surface area is 187 Å². The Morgan fingerprint density at radius 2 is 1.42 bits per heavy atom. The van der Waals surface area contributed by atoms with Gasteiger partial charge in [-0.2, -0.15) is 0 Å². The first-order valence-electron chi connectivity index (χ1n) is 11.2. The highest BCUT2D eigenvalue weighted by Gasteiger charge is 2.50. The van der Waals surface area contributed by atoms with Gasteiger partial charge in [-0.3, -0.25) is 4.79 Å². The van der Waals surface area contributed by atoms with E-state index >= 15 is 0 Å². The molecule has 1 aliphatic heterocycles. The number of amides is 1. The number of benzene rings is 2. The summed E-state index contributed by atoms with van der Waals surface area (Å²) in [6.45, 7) is 14.1. The molecule has 1 fully saturated rings. The van der Waals surface area contributed by atoms with Crippen molar-refractivity contribution in [2.24, 2.45) is 5.41 Å². The minimum atomic E-state index is -0.452. The minimum absolute atomic E-state index is 0.0403. The average molecular weight is 421 g/mol. The first-order chi connectivity index (χ1) is 14.4. The van der Waals surface area contributed by atoms with Crippen LogP contribution in [0, 0.1) is 5.41 Å². The van der Waals surface area contributed by atoms with Crippen molar-refractivity contribution < 1.29 is 14.1 Å². The normalized spacial score (nSPS) is 18.6. The summed E-state index contributed by atoms with van der Waals surface area (Å²) in [5, 5.41) is 3.25. The maximum absolute atomic E-state index is 12.8. The standard InChI is InChI=1S/C26H36BNO3/c1-24(2,3)23(29)28-22(17-18-27-30-25(4,5)26(6,7)31-27)21-15-13-20(14-16-21)19-11-9-8-10-12-19/h8-16,22H,17-18H2,1-7H3,(H,28,29). The van der Waals surface area contributed by atoms with Gasteiger partial charge >= 0.3 is 7.12 Å². The van der Waals surface area contributed by atoms with Crippen molar-refractivity contribution in [2.75, 3.05) is 0 Å². The molecule has 4 nitrogen and oxygen atoms in total. The van der Waals surface area contributed by atoms with E-state index in [0.717, 1.165) is 17.5 Å². The van der Waals surface area contributed by atoms with Gasteiger partial charge in [-0.1, -0.05) is 75.4 Å². The van der Waals surface area contributed by atoms with Gasteiger partial charge in [0.15, 0.2) is 0 Å². The molecule has 1 amide bonds. The average Bonchev–Trinajstić information content (AvgIpc) is 2.91. The third-order valence-corrected chi connectivity index (χ3v) is 6.40. The van der Waals surface area contributed by atoms with Crippen LogP contribution in [-0.4, -0.2) is 24.2 Å².